The van der Waals surface area contributed by atoms with Crippen molar-refractivity contribution in [2.24, 2.45) is 10.9 Å². The smallest absolute Gasteiger partial charge is 0.253 e. The number of amides is 1. The van der Waals surface area contributed by atoms with Gasteiger partial charge in [0, 0.05) is 39.8 Å². The van der Waals surface area contributed by atoms with E-state index in [-0.39, 0.29) is 29.9 Å². The van der Waals surface area contributed by atoms with Gasteiger partial charge in [0.15, 0.2) is 5.96 Å². The molecule has 5 nitrogen and oxygen atoms in total. The molecule has 1 aliphatic carbocycles. The van der Waals surface area contributed by atoms with Crippen molar-refractivity contribution in [1.82, 2.24) is 15.5 Å². The van der Waals surface area contributed by atoms with Crippen LogP contribution in [0.5, 0.6) is 0 Å². The highest BCUT2D eigenvalue weighted by Gasteiger charge is 2.14. The fourth-order valence-corrected chi connectivity index (χ4v) is 3.56. The lowest BCUT2D eigenvalue weighted by molar-refractivity contribution is 0.0827. The number of halogens is 1. The predicted octanol–water partition coefficient (Wildman–Crippen LogP) is 3.68. The van der Waals surface area contributed by atoms with Gasteiger partial charge in [0.2, 0.25) is 0 Å². The number of carbonyl (C=O) groups excluding carboxylic acids is 1. The maximum atomic E-state index is 12.0. The normalized spacial score (nSPS) is 14.6. The highest BCUT2D eigenvalue weighted by atomic mass is 127. The molecule has 0 heterocycles. The average molecular weight is 486 g/mol. The van der Waals surface area contributed by atoms with Gasteiger partial charge in [0.05, 0.1) is 0 Å². The fraction of sp³-hybridized carbons (Fsp3) is 0.619. The molecule has 27 heavy (non-hydrogen) atoms. The van der Waals surface area contributed by atoms with E-state index < -0.39 is 0 Å². The fourth-order valence-electron chi connectivity index (χ4n) is 3.56. The Morgan fingerprint density at radius 1 is 1.19 bits per heavy atom. The SMILES string of the molecule is CN=C(NCCCC1CCCC1)NCCc1cccc(C(=O)N(C)C)c1.I. The highest BCUT2D eigenvalue weighted by Crippen LogP contribution is 2.28. The van der Waals surface area contributed by atoms with E-state index in [1.165, 1.54) is 38.5 Å². The quantitative estimate of drug-likeness (QED) is 0.255. The van der Waals surface area contributed by atoms with E-state index in [1.54, 1.807) is 19.0 Å². The monoisotopic (exact) mass is 486 g/mol. The molecule has 1 fully saturated rings. The Morgan fingerprint density at radius 2 is 1.89 bits per heavy atom. The van der Waals surface area contributed by atoms with Gasteiger partial charge in [-0.15, -0.1) is 24.0 Å². The van der Waals surface area contributed by atoms with E-state index in [9.17, 15) is 4.79 Å². The zero-order valence-electron chi connectivity index (χ0n) is 17.0. The van der Waals surface area contributed by atoms with Crippen LogP contribution in [0.2, 0.25) is 0 Å². The van der Waals surface area contributed by atoms with Gasteiger partial charge in [-0.3, -0.25) is 9.79 Å². The lowest BCUT2D eigenvalue weighted by Crippen LogP contribution is -2.38. The minimum absolute atomic E-state index is 0. The van der Waals surface area contributed by atoms with Crippen LogP contribution in [-0.4, -0.2) is 51.0 Å². The molecule has 0 unspecified atom stereocenters. The van der Waals surface area contributed by atoms with Crippen LogP contribution in [0.3, 0.4) is 0 Å². The van der Waals surface area contributed by atoms with E-state index in [0.29, 0.717) is 0 Å². The molecule has 0 saturated heterocycles. The Bertz CT molecular complexity index is 598. The van der Waals surface area contributed by atoms with Crippen molar-refractivity contribution in [1.29, 1.82) is 0 Å². The second-order valence-electron chi connectivity index (χ2n) is 7.37. The van der Waals surface area contributed by atoms with Crippen LogP contribution in [0.15, 0.2) is 29.3 Å². The summed E-state index contributed by atoms with van der Waals surface area (Å²) in [5, 5.41) is 6.76. The topological polar surface area (TPSA) is 56.7 Å². The molecule has 0 aromatic heterocycles. The third-order valence-electron chi connectivity index (χ3n) is 5.07. The first-order valence-electron chi connectivity index (χ1n) is 9.85. The van der Waals surface area contributed by atoms with Crippen LogP contribution in [-0.2, 0) is 6.42 Å². The third kappa shape index (κ3) is 8.49. The number of carbonyl (C=O) groups is 1. The van der Waals surface area contributed by atoms with E-state index >= 15 is 0 Å². The summed E-state index contributed by atoms with van der Waals surface area (Å²) in [5.74, 6) is 1.85. The summed E-state index contributed by atoms with van der Waals surface area (Å²) in [6, 6.07) is 7.85. The highest BCUT2D eigenvalue weighted by molar-refractivity contribution is 14.0. The summed E-state index contributed by atoms with van der Waals surface area (Å²) in [6.07, 6.45) is 9.07. The van der Waals surface area contributed by atoms with Gasteiger partial charge in [0.1, 0.15) is 0 Å². The van der Waals surface area contributed by atoms with Crippen molar-refractivity contribution >= 4 is 35.8 Å². The second kappa shape index (κ2) is 13.0. The molecule has 2 N–H and O–H groups in total. The van der Waals surface area contributed by atoms with Crippen LogP contribution in [0.4, 0.5) is 0 Å². The number of nitrogens with one attached hydrogen (secondary N) is 2. The van der Waals surface area contributed by atoms with Crippen LogP contribution < -0.4 is 10.6 Å². The summed E-state index contributed by atoms with van der Waals surface area (Å²) < 4.78 is 0. The molecule has 0 aliphatic heterocycles. The summed E-state index contributed by atoms with van der Waals surface area (Å²) in [7, 11) is 5.36. The van der Waals surface area contributed by atoms with Crippen LogP contribution >= 0.6 is 24.0 Å². The number of guanidine groups is 1. The molecule has 1 amide bonds. The van der Waals surface area contributed by atoms with Gasteiger partial charge in [-0.05, 0) is 42.9 Å². The molecular formula is C21H35IN4O. The van der Waals surface area contributed by atoms with Crippen molar-refractivity contribution in [3.8, 4) is 0 Å². The molecule has 1 aromatic carbocycles. The maximum Gasteiger partial charge on any atom is 0.253 e. The summed E-state index contributed by atoms with van der Waals surface area (Å²) in [4.78, 5) is 17.9. The number of benzene rings is 1. The zero-order valence-corrected chi connectivity index (χ0v) is 19.3. The van der Waals surface area contributed by atoms with Gasteiger partial charge in [-0.2, -0.15) is 0 Å². The van der Waals surface area contributed by atoms with Crippen LogP contribution in [0.1, 0.15) is 54.4 Å². The van der Waals surface area contributed by atoms with E-state index in [0.717, 1.165) is 42.5 Å². The molecule has 0 atom stereocenters. The molecule has 152 valence electrons. The molecule has 6 heteroatoms. The molecule has 2 rings (SSSR count). The van der Waals surface area contributed by atoms with E-state index in [1.807, 2.05) is 25.2 Å². The van der Waals surface area contributed by atoms with Crippen molar-refractivity contribution in [3.63, 3.8) is 0 Å². The molecule has 1 aliphatic rings. The number of nitrogens with zero attached hydrogens (tertiary/aromatic N) is 2. The average Bonchev–Trinajstić information content (AvgIpc) is 3.16. The van der Waals surface area contributed by atoms with Crippen molar-refractivity contribution in [3.05, 3.63) is 35.4 Å². The standard InChI is InChI=1S/C21H34N4O.HI/c1-22-21(23-14-7-11-17-8-4-5-9-17)24-15-13-18-10-6-12-19(16-18)20(26)25(2)3;/h6,10,12,16-17H,4-5,7-9,11,13-15H2,1-3H3,(H2,22,23,24);1H. The van der Waals surface area contributed by atoms with Gasteiger partial charge < -0.3 is 15.5 Å². The van der Waals surface area contributed by atoms with Crippen molar-refractivity contribution in [2.75, 3.05) is 34.2 Å². The molecular weight excluding hydrogens is 451 g/mol. The Labute approximate surface area is 181 Å². The van der Waals surface area contributed by atoms with E-state index in [4.69, 9.17) is 0 Å². The largest absolute Gasteiger partial charge is 0.356 e. The maximum absolute atomic E-state index is 12.0. The van der Waals surface area contributed by atoms with Crippen LogP contribution in [0, 0.1) is 5.92 Å². The third-order valence-corrected chi connectivity index (χ3v) is 5.07. The first kappa shape index (κ1) is 23.7. The van der Waals surface area contributed by atoms with Gasteiger partial charge >= 0.3 is 0 Å². The minimum atomic E-state index is 0. The lowest BCUT2D eigenvalue weighted by atomic mass is 10.0. The second-order valence-corrected chi connectivity index (χ2v) is 7.37. The Balaban J connectivity index is 0.00000364. The van der Waals surface area contributed by atoms with E-state index in [2.05, 4.69) is 21.7 Å². The molecule has 0 bridgehead atoms. The number of hydrogen-bond donors (Lipinski definition) is 2. The van der Waals surface area contributed by atoms with Gasteiger partial charge in [0.25, 0.3) is 5.91 Å². The molecule has 1 saturated carbocycles. The predicted molar refractivity (Wildman–Crippen MR) is 124 cm³/mol. The lowest BCUT2D eigenvalue weighted by Gasteiger charge is -2.14. The van der Waals surface area contributed by atoms with Crippen molar-refractivity contribution in [2.45, 2.75) is 44.9 Å². The minimum Gasteiger partial charge on any atom is -0.356 e. The Morgan fingerprint density at radius 3 is 2.56 bits per heavy atom. The van der Waals surface area contributed by atoms with Gasteiger partial charge in [-0.25, -0.2) is 0 Å². The molecule has 1 aromatic rings. The summed E-state index contributed by atoms with van der Waals surface area (Å²) in [5.41, 5.74) is 1.89. The Hall–Kier alpha value is -1.31. The number of rotatable bonds is 8. The number of hydrogen-bond acceptors (Lipinski definition) is 2. The molecule has 0 spiro atoms. The van der Waals surface area contributed by atoms with Crippen molar-refractivity contribution < 1.29 is 4.79 Å². The Kier molecular flexibility index (Phi) is 11.4. The summed E-state index contributed by atoms with van der Waals surface area (Å²) in [6.45, 7) is 1.77. The first-order valence-corrected chi connectivity index (χ1v) is 9.85. The first-order chi connectivity index (χ1) is 12.6. The zero-order chi connectivity index (χ0) is 18.8. The number of aliphatic imine (C=N–C) groups is 1. The molecule has 0 radical (unpaired) electrons. The summed E-state index contributed by atoms with van der Waals surface area (Å²) >= 11 is 0. The van der Waals surface area contributed by atoms with Crippen LogP contribution in [0.25, 0.3) is 0 Å². The van der Waals surface area contributed by atoms with Gasteiger partial charge in [-0.1, -0.05) is 37.8 Å².